The van der Waals surface area contributed by atoms with Crippen molar-refractivity contribution < 1.29 is 14.7 Å². The monoisotopic (exact) mass is 258 g/mol. The van der Waals surface area contributed by atoms with Gasteiger partial charge in [0.05, 0.1) is 5.92 Å². The fourth-order valence-corrected chi connectivity index (χ4v) is 1.88. The number of carboxylic acid groups (broad SMARTS) is 1. The van der Waals surface area contributed by atoms with Crippen LogP contribution in [0.4, 0.5) is 0 Å². The van der Waals surface area contributed by atoms with Crippen LogP contribution in [0.3, 0.4) is 0 Å². The van der Waals surface area contributed by atoms with Crippen molar-refractivity contribution in [1.29, 1.82) is 0 Å². The van der Waals surface area contributed by atoms with Gasteiger partial charge in [-0.2, -0.15) is 0 Å². The Morgan fingerprint density at radius 3 is 2.33 bits per heavy atom. The lowest BCUT2D eigenvalue weighted by Crippen LogP contribution is -2.38. The lowest BCUT2D eigenvalue weighted by atomic mass is 9.96. The number of rotatable bonds is 9. The summed E-state index contributed by atoms with van der Waals surface area (Å²) in [5, 5.41) is 11.5. The highest BCUT2D eigenvalue weighted by molar-refractivity contribution is 5.79. The van der Waals surface area contributed by atoms with Gasteiger partial charge in [-0.3, -0.25) is 9.59 Å². The molecule has 0 rings (SSSR count). The van der Waals surface area contributed by atoms with E-state index in [1.165, 1.54) is 0 Å². The SMILES string of the molecule is CCC(CNC(=O)C(CN)CC(C)C)CC(=O)O. The Bertz CT molecular complexity index is 267. The van der Waals surface area contributed by atoms with E-state index >= 15 is 0 Å². The third-order valence-electron chi connectivity index (χ3n) is 3.02. The molecule has 0 bridgehead atoms. The molecule has 5 heteroatoms. The maximum atomic E-state index is 11.9. The van der Waals surface area contributed by atoms with Crippen molar-refractivity contribution in [2.75, 3.05) is 13.1 Å². The first-order valence-corrected chi connectivity index (χ1v) is 6.60. The zero-order valence-corrected chi connectivity index (χ0v) is 11.6. The molecule has 0 aromatic heterocycles. The van der Waals surface area contributed by atoms with Crippen LogP contribution >= 0.6 is 0 Å². The normalized spacial score (nSPS) is 14.3. The molecule has 0 heterocycles. The number of hydrogen-bond acceptors (Lipinski definition) is 3. The zero-order valence-electron chi connectivity index (χ0n) is 11.6. The summed E-state index contributed by atoms with van der Waals surface area (Å²) in [7, 11) is 0. The lowest BCUT2D eigenvalue weighted by molar-refractivity contribution is -0.138. The van der Waals surface area contributed by atoms with E-state index in [-0.39, 0.29) is 24.2 Å². The molecule has 0 aliphatic heterocycles. The molecule has 2 unspecified atom stereocenters. The topological polar surface area (TPSA) is 92.4 Å². The second-order valence-corrected chi connectivity index (χ2v) is 5.18. The summed E-state index contributed by atoms with van der Waals surface area (Å²) in [4.78, 5) is 22.5. The number of hydrogen-bond donors (Lipinski definition) is 3. The van der Waals surface area contributed by atoms with Gasteiger partial charge in [0.1, 0.15) is 0 Å². The molecule has 4 N–H and O–H groups in total. The smallest absolute Gasteiger partial charge is 0.303 e. The van der Waals surface area contributed by atoms with Gasteiger partial charge >= 0.3 is 5.97 Å². The summed E-state index contributed by atoms with van der Waals surface area (Å²) in [5.74, 6) is -0.648. The summed E-state index contributed by atoms with van der Waals surface area (Å²) in [5.41, 5.74) is 5.59. The zero-order chi connectivity index (χ0) is 14.1. The molecule has 0 aromatic rings. The van der Waals surface area contributed by atoms with Crippen LogP contribution in [0.25, 0.3) is 0 Å². The Hall–Kier alpha value is -1.10. The molecule has 0 fully saturated rings. The van der Waals surface area contributed by atoms with Crippen LogP contribution in [-0.4, -0.2) is 30.1 Å². The molecule has 18 heavy (non-hydrogen) atoms. The molecular formula is C13H26N2O3. The molecular weight excluding hydrogens is 232 g/mol. The van der Waals surface area contributed by atoms with E-state index in [0.29, 0.717) is 19.0 Å². The van der Waals surface area contributed by atoms with E-state index in [4.69, 9.17) is 10.8 Å². The number of carboxylic acids is 1. The molecule has 0 aliphatic rings. The quantitative estimate of drug-likeness (QED) is 0.580. The average molecular weight is 258 g/mol. The summed E-state index contributed by atoms with van der Waals surface area (Å²) in [6, 6.07) is 0. The van der Waals surface area contributed by atoms with Gasteiger partial charge in [-0.1, -0.05) is 27.2 Å². The Labute approximate surface area is 109 Å². The van der Waals surface area contributed by atoms with Gasteiger partial charge in [0.15, 0.2) is 0 Å². The Kier molecular flexibility index (Phi) is 8.37. The van der Waals surface area contributed by atoms with Gasteiger partial charge < -0.3 is 16.2 Å². The van der Waals surface area contributed by atoms with Gasteiger partial charge in [-0.05, 0) is 18.3 Å². The fraction of sp³-hybridized carbons (Fsp3) is 0.846. The number of carbonyl (C=O) groups is 2. The first-order valence-electron chi connectivity index (χ1n) is 6.60. The number of amides is 1. The summed E-state index contributed by atoms with van der Waals surface area (Å²) in [6.07, 6.45) is 1.59. The predicted octanol–water partition coefficient (Wildman–Crippen LogP) is 1.22. The van der Waals surface area contributed by atoms with Gasteiger partial charge in [0, 0.05) is 19.5 Å². The minimum absolute atomic E-state index is 0.0103. The lowest BCUT2D eigenvalue weighted by Gasteiger charge is -2.19. The molecule has 0 aliphatic carbocycles. The van der Waals surface area contributed by atoms with Crippen LogP contribution in [0, 0.1) is 17.8 Å². The molecule has 0 saturated carbocycles. The second-order valence-electron chi connectivity index (χ2n) is 5.18. The van der Waals surface area contributed by atoms with Crippen LogP contribution in [0.15, 0.2) is 0 Å². The summed E-state index contributed by atoms with van der Waals surface area (Å²) >= 11 is 0. The second kappa shape index (κ2) is 8.91. The highest BCUT2D eigenvalue weighted by Crippen LogP contribution is 2.12. The molecule has 0 aromatic carbocycles. The van der Waals surface area contributed by atoms with Crippen LogP contribution in [0.5, 0.6) is 0 Å². The summed E-state index contributed by atoms with van der Waals surface area (Å²) < 4.78 is 0. The maximum Gasteiger partial charge on any atom is 0.303 e. The molecule has 0 saturated heterocycles. The first kappa shape index (κ1) is 16.9. The van der Waals surface area contributed by atoms with E-state index in [1.54, 1.807) is 0 Å². The summed E-state index contributed by atoms with van der Waals surface area (Å²) in [6.45, 7) is 6.77. The maximum absolute atomic E-state index is 11.9. The van der Waals surface area contributed by atoms with Gasteiger partial charge in [0.25, 0.3) is 0 Å². The molecule has 106 valence electrons. The predicted molar refractivity (Wildman–Crippen MR) is 71.0 cm³/mol. The first-order chi connectivity index (χ1) is 8.40. The highest BCUT2D eigenvalue weighted by Gasteiger charge is 2.19. The molecule has 2 atom stereocenters. The van der Waals surface area contributed by atoms with Gasteiger partial charge in [0.2, 0.25) is 5.91 Å². The van der Waals surface area contributed by atoms with Crippen molar-refractivity contribution in [2.24, 2.45) is 23.5 Å². The van der Waals surface area contributed by atoms with Crippen molar-refractivity contribution in [3.63, 3.8) is 0 Å². The number of nitrogens with two attached hydrogens (primary N) is 1. The van der Waals surface area contributed by atoms with E-state index < -0.39 is 5.97 Å². The van der Waals surface area contributed by atoms with Gasteiger partial charge in [-0.15, -0.1) is 0 Å². The Morgan fingerprint density at radius 1 is 1.33 bits per heavy atom. The molecule has 0 radical (unpaired) electrons. The third-order valence-corrected chi connectivity index (χ3v) is 3.02. The van der Waals surface area contributed by atoms with Crippen LogP contribution < -0.4 is 11.1 Å². The third kappa shape index (κ3) is 7.27. The molecule has 1 amide bonds. The number of carbonyl (C=O) groups excluding carboxylic acids is 1. The number of nitrogens with one attached hydrogen (secondary N) is 1. The molecule has 5 nitrogen and oxygen atoms in total. The largest absolute Gasteiger partial charge is 0.481 e. The fourth-order valence-electron chi connectivity index (χ4n) is 1.88. The van der Waals surface area contributed by atoms with Crippen molar-refractivity contribution >= 4 is 11.9 Å². The minimum atomic E-state index is -0.825. The van der Waals surface area contributed by atoms with E-state index in [2.05, 4.69) is 19.2 Å². The van der Waals surface area contributed by atoms with Crippen molar-refractivity contribution in [3.05, 3.63) is 0 Å². The van der Waals surface area contributed by atoms with E-state index in [0.717, 1.165) is 12.8 Å². The molecule has 0 spiro atoms. The Morgan fingerprint density at radius 2 is 1.94 bits per heavy atom. The minimum Gasteiger partial charge on any atom is -0.481 e. The highest BCUT2D eigenvalue weighted by atomic mass is 16.4. The van der Waals surface area contributed by atoms with E-state index in [1.807, 2.05) is 6.92 Å². The standard InChI is InChI=1S/C13H26N2O3/c1-4-10(6-12(16)17)8-15-13(18)11(7-14)5-9(2)3/h9-11H,4-8,14H2,1-3H3,(H,15,18)(H,16,17). The van der Waals surface area contributed by atoms with E-state index in [9.17, 15) is 9.59 Å². The average Bonchev–Trinajstić information content (AvgIpc) is 2.30. The van der Waals surface area contributed by atoms with Crippen molar-refractivity contribution in [2.45, 2.75) is 40.0 Å². The van der Waals surface area contributed by atoms with Crippen LogP contribution in [-0.2, 0) is 9.59 Å². The Balaban J connectivity index is 4.16. The van der Waals surface area contributed by atoms with Crippen molar-refractivity contribution in [3.8, 4) is 0 Å². The van der Waals surface area contributed by atoms with Crippen LogP contribution in [0.1, 0.15) is 40.0 Å². The van der Waals surface area contributed by atoms with Gasteiger partial charge in [-0.25, -0.2) is 0 Å². The van der Waals surface area contributed by atoms with Crippen molar-refractivity contribution in [1.82, 2.24) is 5.32 Å². The van der Waals surface area contributed by atoms with Crippen LogP contribution in [0.2, 0.25) is 0 Å². The number of aliphatic carboxylic acids is 1.